The molecule has 0 bridgehead atoms. The molecule has 1 aliphatic carbocycles. The zero-order valence-electron chi connectivity index (χ0n) is 16.2. The highest BCUT2D eigenvalue weighted by atomic mass is 32.1. The molecule has 1 spiro atoms. The summed E-state index contributed by atoms with van der Waals surface area (Å²) in [7, 11) is 0. The molecule has 1 aromatic heterocycles. The van der Waals surface area contributed by atoms with Crippen molar-refractivity contribution in [1.29, 1.82) is 0 Å². The van der Waals surface area contributed by atoms with Gasteiger partial charge in [0.15, 0.2) is 0 Å². The number of esters is 1. The van der Waals surface area contributed by atoms with Crippen LogP contribution in [0.4, 0.5) is 9.80 Å². The number of hydrogen-bond acceptors (Lipinski definition) is 6. The van der Waals surface area contributed by atoms with E-state index in [2.05, 4.69) is 10.6 Å². The Balaban J connectivity index is 1.71. The summed E-state index contributed by atoms with van der Waals surface area (Å²) in [5.74, 6) is -1.39. The number of carbonyl (C=O) groups is 4. The normalized spacial score (nSPS) is 27.0. The maximum absolute atomic E-state index is 13.1. The summed E-state index contributed by atoms with van der Waals surface area (Å²) in [6.45, 7) is 5.46. The summed E-state index contributed by atoms with van der Waals surface area (Å²) in [5.41, 5.74) is -0.683. The van der Waals surface area contributed by atoms with Crippen LogP contribution in [0.1, 0.15) is 50.4 Å². The molecule has 28 heavy (non-hydrogen) atoms. The quantitative estimate of drug-likeness (QED) is 0.577. The van der Waals surface area contributed by atoms with Gasteiger partial charge in [0.1, 0.15) is 17.1 Å². The van der Waals surface area contributed by atoms with E-state index in [0.717, 1.165) is 24.2 Å². The summed E-state index contributed by atoms with van der Waals surface area (Å²) in [5, 5.41) is 7.48. The maximum Gasteiger partial charge on any atom is 0.341 e. The molecule has 1 unspecified atom stereocenters. The molecule has 2 heterocycles. The summed E-state index contributed by atoms with van der Waals surface area (Å²) < 4.78 is 4.96. The molecule has 1 saturated carbocycles. The molecule has 3 rings (SSSR count). The van der Waals surface area contributed by atoms with Gasteiger partial charge in [-0.15, -0.1) is 11.3 Å². The number of imide groups is 1. The van der Waals surface area contributed by atoms with Gasteiger partial charge in [0.05, 0.1) is 12.2 Å². The smallest absolute Gasteiger partial charge is 0.341 e. The highest BCUT2D eigenvalue weighted by Crippen LogP contribution is 2.42. The van der Waals surface area contributed by atoms with Crippen molar-refractivity contribution < 1.29 is 23.9 Å². The van der Waals surface area contributed by atoms with Crippen molar-refractivity contribution in [2.45, 2.75) is 45.6 Å². The van der Waals surface area contributed by atoms with Gasteiger partial charge < -0.3 is 15.4 Å². The first-order chi connectivity index (χ1) is 13.3. The number of hydrogen-bond donors (Lipinski definition) is 2. The van der Waals surface area contributed by atoms with Crippen LogP contribution >= 0.6 is 11.3 Å². The zero-order chi connectivity index (χ0) is 20.5. The van der Waals surface area contributed by atoms with Crippen LogP contribution in [0.15, 0.2) is 11.4 Å². The van der Waals surface area contributed by atoms with E-state index < -0.39 is 30.0 Å². The third-order valence-electron chi connectivity index (χ3n) is 5.70. The van der Waals surface area contributed by atoms with Crippen LogP contribution in [0.5, 0.6) is 0 Å². The highest BCUT2D eigenvalue weighted by Gasteiger charge is 2.58. The molecule has 1 saturated heterocycles. The molecule has 3 atom stereocenters. The van der Waals surface area contributed by atoms with Crippen molar-refractivity contribution in [3.8, 4) is 0 Å². The number of nitrogens with one attached hydrogen (secondary N) is 2. The topological polar surface area (TPSA) is 105 Å². The van der Waals surface area contributed by atoms with Gasteiger partial charge in [-0.3, -0.25) is 14.5 Å². The summed E-state index contributed by atoms with van der Waals surface area (Å²) >= 11 is 1.18. The largest absolute Gasteiger partial charge is 0.462 e. The fourth-order valence-electron chi connectivity index (χ4n) is 4.18. The average molecular weight is 407 g/mol. The second kappa shape index (κ2) is 7.90. The molecule has 1 aliphatic heterocycles. The summed E-state index contributed by atoms with van der Waals surface area (Å²) in [4.78, 5) is 51.0. The number of rotatable bonds is 5. The number of ether oxygens (including phenoxy) is 1. The van der Waals surface area contributed by atoms with Gasteiger partial charge in [-0.1, -0.05) is 20.3 Å². The number of nitrogens with zero attached hydrogens (tertiary/aromatic N) is 1. The van der Waals surface area contributed by atoms with Crippen molar-refractivity contribution >= 4 is 40.2 Å². The lowest BCUT2D eigenvalue weighted by atomic mass is 9.67. The molecule has 2 fully saturated rings. The zero-order valence-corrected chi connectivity index (χ0v) is 17.1. The van der Waals surface area contributed by atoms with Crippen LogP contribution in [0.2, 0.25) is 0 Å². The van der Waals surface area contributed by atoms with Crippen LogP contribution in [0.3, 0.4) is 0 Å². The predicted octanol–water partition coefficient (Wildman–Crippen LogP) is 2.61. The van der Waals surface area contributed by atoms with E-state index in [9.17, 15) is 19.2 Å². The lowest BCUT2D eigenvalue weighted by Crippen LogP contribution is -2.59. The number of anilines is 1. The van der Waals surface area contributed by atoms with Crippen molar-refractivity contribution in [1.82, 2.24) is 10.2 Å². The van der Waals surface area contributed by atoms with Gasteiger partial charge in [0.25, 0.3) is 5.91 Å². The lowest BCUT2D eigenvalue weighted by Gasteiger charge is -2.42. The first-order valence-electron chi connectivity index (χ1n) is 9.49. The predicted molar refractivity (Wildman–Crippen MR) is 104 cm³/mol. The van der Waals surface area contributed by atoms with Crippen LogP contribution in [0.25, 0.3) is 0 Å². The molecule has 2 N–H and O–H groups in total. The van der Waals surface area contributed by atoms with Crippen molar-refractivity contribution in [2.24, 2.45) is 11.8 Å². The van der Waals surface area contributed by atoms with Gasteiger partial charge in [-0.25, -0.2) is 9.59 Å². The highest BCUT2D eigenvalue weighted by molar-refractivity contribution is 7.14. The molecule has 0 radical (unpaired) electrons. The maximum atomic E-state index is 13.1. The van der Waals surface area contributed by atoms with Crippen LogP contribution < -0.4 is 10.6 Å². The van der Waals surface area contributed by atoms with E-state index in [1.807, 2.05) is 13.8 Å². The van der Waals surface area contributed by atoms with E-state index >= 15 is 0 Å². The number of urea groups is 1. The Kier molecular flexibility index (Phi) is 5.74. The fraction of sp³-hybridized carbons (Fsp3) is 0.579. The van der Waals surface area contributed by atoms with Crippen molar-refractivity contribution in [3.05, 3.63) is 17.0 Å². The minimum Gasteiger partial charge on any atom is -0.462 e. The summed E-state index contributed by atoms with van der Waals surface area (Å²) in [6, 6.07) is 1.02. The van der Waals surface area contributed by atoms with Gasteiger partial charge >= 0.3 is 12.0 Å². The Bertz CT molecular complexity index is 795. The lowest BCUT2D eigenvalue weighted by molar-refractivity contribution is -0.138. The monoisotopic (exact) mass is 407 g/mol. The third kappa shape index (κ3) is 3.39. The van der Waals surface area contributed by atoms with Crippen LogP contribution in [-0.2, 0) is 14.3 Å². The fourth-order valence-corrected chi connectivity index (χ4v) is 4.97. The number of amides is 4. The van der Waals surface area contributed by atoms with Crippen LogP contribution in [-0.4, -0.2) is 47.4 Å². The number of carbonyl (C=O) groups excluding carboxylic acids is 4. The first-order valence-corrected chi connectivity index (χ1v) is 10.4. The minimum absolute atomic E-state index is 0.00785. The Morgan fingerprint density at radius 3 is 2.64 bits per heavy atom. The van der Waals surface area contributed by atoms with E-state index in [-0.39, 0.29) is 29.9 Å². The average Bonchev–Trinajstić information content (AvgIpc) is 3.19. The third-order valence-corrected chi connectivity index (χ3v) is 6.53. The van der Waals surface area contributed by atoms with E-state index in [0.29, 0.717) is 5.00 Å². The molecule has 8 nitrogen and oxygen atoms in total. The minimum atomic E-state index is -0.936. The van der Waals surface area contributed by atoms with Gasteiger partial charge in [-0.05, 0) is 43.0 Å². The Hall–Kier alpha value is -2.42. The molecular weight excluding hydrogens is 382 g/mol. The second-order valence-corrected chi connectivity index (χ2v) is 8.27. The first kappa shape index (κ1) is 20.3. The van der Waals surface area contributed by atoms with Crippen LogP contribution in [0, 0.1) is 11.8 Å². The Morgan fingerprint density at radius 1 is 1.32 bits per heavy atom. The molecule has 9 heteroatoms. The number of thiophene rings is 1. The molecule has 152 valence electrons. The molecule has 0 aromatic carbocycles. The van der Waals surface area contributed by atoms with Crippen molar-refractivity contribution in [2.75, 3.05) is 18.5 Å². The van der Waals surface area contributed by atoms with E-state index in [4.69, 9.17) is 4.74 Å². The van der Waals surface area contributed by atoms with E-state index in [1.54, 1.807) is 18.4 Å². The van der Waals surface area contributed by atoms with Gasteiger partial charge in [-0.2, -0.15) is 0 Å². The Labute approximate surface area is 167 Å². The summed E-state index contributed by atoms with van der Waals surface area (Å²) in [6.07, 6.45) is 2.73. The molecule has 2 aliphatic rings. The van der Waals surface area contributed by atoms with E-state index in [1.165, 1.54) is 11.3 Å². The van der Waals surface area contributed by atoms with Gasteiger partial charge in [0.2, 0.25) is 5.91 Å². The van der Waals surface area contributed by atoms with Gasteiger partial charge in [0, 0.05) is 0 Å². The van der Waals surface area contributed by atoms with Crippen molar-refractivity contribution in [3.63, 3.8) is 0 Å². The standard InChI is InChI=1S/C19H25N3O5S/c1-4-27-16(24)13-8-9-28-15(13)20-14(23)10-22-17(25)19(21-18(22)26)11(2)6-5-7-12(19)3/h8-9,11-12H,4-7,10H2,1-3H3,(H,20,23)(H,21,26)/t11-,12+,19?. The SMILES string of the molecule is CCOC(=O)c1ccsc1NC(=O)CN1C(=O)NC2(C1=O)[C@H](C)CCC[C@@H]2C. The molecular formula is C19H25N3O5S. The molecule has 4 amide bonds. The molecule has 1 aromatic rings. The Morgan fingerprint density at radius 2 is 2.00 bits per heavy atom. The second-order valence-electron chi connectivity index (χ2n) is 7.36.